The zero-order chi connectivity index (χ0) is 21.8. The summed E-state index contributed by atoms with van der Waals surface area (Å²) in [6.45, 7) is 1.05. The van der Waals surface area contributed by atoms with Crippen LogP contribution in [0.5, 0.6) is 0 Å². The average molecular weight is 443 g/mol. The van der Waals surface area contributed by atoms with Gasteiger partial charge in [0, 0.05) is 30.4 Å². The van der Waals surface area contributed by atoms with Crippen molar-refractivity contribution in [3.05, 3.63) is 86.5 Å². The van der Waals surface area contributed by atoms with Gasteiger partial charge in [-0.1, -0.05) is 24.3 Å². The van der Waals surface area contributed by atoms with E-state index in [9.17, 15) is 9.90 Å². The maximum absolute atomic E-state index is 13.3. The van der Waals surface area contributed by atoms with Crippen molar-refractivity contribution in [3.8, 4) is 0 Å². The Morgan fingerprint density at radius 1 is 1.22 bits per heavy atom. The number of thiazole rings is 1. The van der Waals surface area contributed by atoms with E-state index < -0.39 is 6.10 Å². The Morgan fingerprint density at radius 3 is 2.97 bits per heavy atom. The minimum Gasteiger partial charge on any atom is -0.380 e. The first-order chi connectivity index (χ1) is 15.6. The Hall–Kier alpha value is -3.69. The summed E-state index contributed by atoms with van der Waals surface area (Å²) in [5, 5.41) is 16.4. The van der Waals surface area contributed by atoms with Crippen molar-refractivity contribution in [3.63, 3.8) is 0 Å². The molecule has 1 N–H and O–H groups in total. The molecule has 9 heteroatoms. The number of benzene rings is 1. The summed E-state index contributed by atoms with van der Waals surface area (Å²) in [5.41, 5.74) is 4.83. The number of aromatic nitrogens is 5. The van der Waals surface area contributed by atoms with Gasteiger partial charge in [0.25, 0.3) is 5.56 Å². The smallest absolute Gasteiger partial charge is 0.291 e. The van der Waals surface area contributed by atoms with Crippen molar-refractivity contribution < 1.29 is 5.11 Å². The number of aryl methyl sites for hydroxylation is 1. The summed E-state index contributed by atoms with van der Waals surface area (Å²) < 4.78 is 4.10. The van der Waals surface area contributed by atoms with Crippen LogP contribution in [-0.4, -0.2) is 35.6 Å². The minimum atomic E-state index is -0.918. The Morgan fingerprint density at radius 2 is 2.12 bits per heavy atom. The van der Waals surface area contributed by atoms with Crippen LogP contribution in [0.15, 0.2) is 58.6 Å². The van der Waals surface area contributed by atoms with E-state index >= 15 is 0 Å². The molecule has 1 aromatic carbocycles. The number of aliphatic imine (C=N–C) groups is 1. The lowest BCUT2D eigenvalue weighted by Crippen LogP contribution is -2.25. The van der Waals surface area contributed by atoms with Crippen molar-refractivity contribution in [1.82, 2.24) is 24.3 Å². The third-order valence-corrected chi connectivity index (χ3v) is 6.96. The quantitative estimate of drug-likeness (QED) is 0.462. The highest BCUT2D eigenvalue weighted by Gasteiger charge is 2.23. The van der Waals surface area contributed by atoms with Gasteiger partial charge in [-0.3, -0.25) is 14.8 Å². The van der Waals surface area contributed by atoms with Crippen LogP contribution in [0.25, 0.3) is 21.3 Å². The molecule has 5 heterocycles. The first kappa shape index (κ1) is 19.0. The van der Waals surface area contributed by atoms with Crippen molar-refractivity contribution in [2.45, 2.75) is 19.2 Å². The van der Waals surface area contributed by atoms with E-state index in [1.807, 2.05) is 31.5 Å². The molecule has 8 nitrogen and oxygen atoms in total. The molecule has 1 aliphatic heterocycles. The van der Waals surface area contributed by atoms with Gasteiger partial charge in [-0.25, -0.2) is 9.67 Å². The van der Waals surface area contributed by atoms with Crippen LogP contribution in [-0.2, 0) is 20.1 Å². The second kappa shape index (κ2) is 7.18. The maximum atomic E-state index is 13.3. The minimum absolute atomic E-state index is 0.172. The summed E-state index contributed by atoms with van der Waals surface area (Å²) in [7, 11) is 1.82. The van der Waals surface area contributed by atoms with E-state index in [-0.39, 0.29) is 5.56 Å². The topological polar surface area (TPSA) is 98.2 Å². The fourth-order valence-corrected chi connectivity index (χ4v) is 5.31. The summed E-state index contributed by atoms with van der Waals surface area (Å²) in [5.74, 6) is 0. The number of rotatable bonds is 4. The largest absolute Gasteiger partial charge is 0.380 e. The molecule has 0 saturated carbocycles. The number of aliphatic hydroxyl groups is 1. The molecule has 4 aromatic heterocycles. The average Bonchev–Trinajstić information content (AvgIpc) is 3.53. The van der Waals surface area contributed by atoms with Gasteiger partial charge in [-0.2, -0.15) is 5.10 Å². The third kappa shape index (κ3) is 2.82. The molecule has 5 aromatic rings. The highest BCUT2D eigenvalue weighted by Crippen LogP contribution is 2.34. The van der Waals surface area contributed by atoms with Crippen LogP contribution in [0.4, 0.5) is 0 Å². The maximum Gasteiger partial charge on any atom is 0.291 e. The van der Waals surface area contributed by atoms with E-state index in [4.69, 9.17) is 0 Å². The van der Waals surface area contributed by atoms with Crippen LogP contribution in [0.1, 0.15) is 33.5 Å². The fourth-order valence-electron chi connectivity index (χ4n) is 4.20. The van der Waals surface area contributed by atoms with E-state index in [1.165, 1.54) is 21.6 Å². The molecule has 6 rings (SSSR count). The van der Waals surface area contributed by atoms with Gasteiger partial charge in [0.05, 0.1) is 29.7 Å². The molecule has 0 fully saturated rings. The lowest BCUT2D eigenvalue weighted by molar-refractivity contribution is 0.215. The van der Waals surface area contributed by atoms with Crippen LogP contribution >= 0.6 is 11.3 Å². The molecule has 1 atom stereocenters. The van der Waals surface area contributed by atoms with Crippen molar-refractivity contribution in [1.29, 1.82) is 0 Å². The molecule has 0 bridgehead atoms. The number of aliphatic hydroxyl groups excluding tert-OH is 1. The Balaban J connectivity index is 1.44. The fraction of sp³-hybridized carbons (Fsp3) is 0.174. The van der Waals surface area contributed by atoms with Crippen LogP contribution < -0.4 is 5.56 Å². The Labute approximate surface area is 186 Å². The van der Waals surface area contributed by atoms with E-state index in [0.717, 1.165) is 21.2 Å². The number of nitrogens with zero attached hydrogens (tertiary/aromatic N) is 6. The summed E-state index contributed by atoms with van der Waals surface area (Å²) >= 11 is 1.36. The van der Waals surface area contributed by atoms with E-state index in [2.05, 4.69) is 26.1 Å². The first-order valence-electron chi connectivity index (χ1n) is 10.2. The normalized spacial score (nSPS) is 13.8. The number of hydrogen-bond donors (Lipinski definition) is 1. The Bertz CT molecular complexity index is 1580. The number of pyridine rings is 1. The van der Waals surface area contributed by atoms with Crippen molar-refractivity contribution >= 4 is 38.8 Å². The third-order valence-electron chi connectivity index (χ3n) is 5.83. The van der Waals surface area contributed by atoms with Gasteiger partial charge in [-0.05, 0) is 23.3 Å². The van der Waals surface area contributed by atoms with Gasteiger partial charge in [-0.15, -0.1) is 11.3 Å². The predicted octanol–water partition coefficient (Wildman–Crippen LogP) is 2.80. The molecule has 0 spiro atoms. The molecule has 1 aliphatic rings. The lowest BCUT2D eigenvalue weighted by atomic mass is 10.0. The summed E-state index contributed by atoms with van der Waals surface area (Å²) in [6.07, 6.45) is 4.30. The van der Waals surface area contributed by atoms with Gasteiger partial charge in [0.2, 0.25) is 0 Å². The standard InChI is InChI=1S/C23H18N6O2S/c1-28-18-16(20-21(28)27-22(32-20)19(30)17-7-2-3-8-25-17)11-26-29(23(18)31)12-14-6-4-5-13-9-24-10-15(13)14/h2-8,10-11,19,30H,9,12H2,1H3. The van der Waals surface area contributed by atoms with Gasteiger partial charge in [0.15, 0.2) is 5.65 Å². The molecule has 1 unspecified atom stereocenters. The second-order valence-corrected chi connectivity index (χ2v) is 8.78. The Kier molecular flexibility index (Phi) is 4.27. The monoisotopic (exact) mass is 442 g/mol. The van der Waals surface area contributed by atoms with Gasteiger partial charge < -0.3 is 9.67 Å². The molecule has 0 saturated heterocycles. The SMILES string of the molecule is Cn1c2nc(C(O)c3ccccn3)sc2c2cnn(Cc3cccc4c3C=NC4)c(=O)c21. The first-order valence-corrected chi connectivity index (χ1v) is 11.0. The highest BCUT2D eigenvalue weighted by atomic mass is 32.1. The molecule has 158 valence electrons. The molecular weight excluding hydrogens is 424 g/mol. The molecule has 0 aliphatic carbocycles. The summed E-state index contributed by atoms with van der Waals surface area (Å²) in [6, 6.07) is 11.4. The van der Waals surface area contributed by atoms with Gasteiger partial charge >= 0.3 is 0 Å². The number of fused-ring (bicyclic) bond motifs is 4. The second-order valence-electron chi connectivity index (χ2n) is 7.75. The lowest BCUT2D eigenvalue weighted by Gasteiger charge is -2.09. The van der Waals surface area contributed by atoms with Crippen molar-refractivity contribution in [2.75, 3.05) is 0 Å². The van der Waals surface area contributed by atoms with Gasteiger partial charge in [0.1, 0.15) is 16.6 Å². The molecule has 0 amide bonds. The zero-order valence-corrected chi connectivity index (χ0v) is 18.0. The highest BCUT2D eigenvalue weighted by molar-refractivity contribution is 7.19. The van der Waals surface area contributed by atoms with Crippen LogP contribution in [0.3, 0.4) is 0 Å². The van der Waals surface area contributed by atoms with Crippen LogP contribution in [0, 0.1) is 0 Å². The summed E-state index contributed by atoms with van der Waals surface area (Å²) in [4.78, 5) is 26.5. The van der Waals surface area contributed by atoms with Crippen LogP contribution in [0.2, 0.25) is 0 Å². The molecular formula is C23H18N6O2S. The zero-order valence-electron chi connectivity index (χ0n) is 17.1. The van der Waals surface area contributed by atoms with E-state index in [0.29, 0.717) is 35.0 Å². The predicted molar refractivity (Wildman–Crippen MR) is 123 cm³/mol. The molecule has 0 radical (unpaired) electrons. The van der Waals surface area contributed by atoms with Crippen molar-refractivity contribution in [2.24, 2.45) is 12.0 Å². The van der Waals surface area contributed by atoms with E-state index in [1.54, 1.807) is 29.1 Å². The molecule has 32 heavy (non-hydrogen) atoms. The number of hydrogen-bond acceptors (Lipinski definition) is 7.